The Kier molecular flexibility index (Phi) is 26.3. The van der Waals surface area contributed by atoms with Gasteiger partial charge in [-0.2, -0.15) is 0 Å². The van der Waals surface area contributed by atoms with Crippen LogP contribution in [0.15, 0.2) is 0 Å². The van der Waals surface area contributed by atoms with E-state index in [1.54, 1.807) is 0 Å². The number of carbonyl (C=O) groups excluding carboxylic acids is 2. The molecule has 0 heterocycles. The number of nitrogens with one attached hydrogen (secondary N) is 2. The smallest absolute Gasteiger partial charge is 0.219 e. The van der Waals surface area contributed by atoms with Gasteiger partial charge in [0.2, 0.25) is 11.8 Å². The molecule has 0 aliphatic heterocycles. The summed E-state index contributed by atoms with van der Waals surface area (Å²) in [4.78, 5) is 23.8. The minimum absolute atomic E-state index is 0.159. The van der Waals surface area contributed by atoms with E-state index in [1.165, 1.54) is 103 Å². The number of amides is 2. The molecule has 0 bridgehead atoms. The van der Waals surface area contributed by atoms with E-state index in [9.17, 15) is 9.59 Å². The van der Waals surface area contributed by atoms with E-state index in [2.05, 4.69) is 24.5 Å². The quantitative estimate of drug-likeness (QED) is 0.126. The Morgan fingerprint density at radius 1 is 0.394 bits per heavy atom. The molecule has 33 heavy (non-hydrogen) atoms. The van der Waals surface area contributed by atoms with Crippen LogP contribution in [-0.2, 0) is 9.59 Å². The monoisotopic (exact) mass is 466 g/mol. The van der Waals surface area contributed by atoms with Crippen molar-refractivity contribution in [3.8, 4) is 0 Å². The number of unbranched alkanes of at least 4 members (excludes halogenated alkanes) is 18. The van der Waals surface area contributed by atoms with Crippen LogP contribution in [0.4, 0.5) is 0 Å². The fourth-order valence-corrected chi connectivity index (χ4v) is 4.27. The van der Waals surface area contributed by atoms with Crippen molar-refractivity contribution >= 4 is 11.8 Å². The molecule has 0 unspecified atom stereocenters. The molecular weight excluding hydrogens is 408 g/mol. The minimum atomic E-state index is 0.159. The van der Waals surface area contributed by atoms with Crippen LogP contribution in [0, 0.1) is 0 Å². The summed E-state index contributed by atoms with van der Waals surface area (Å²) in [6, 6.07) is 0. The summed E-state index contributed by atoms with van der Waals surface area (Å²) in [7, 11) is 0. The molecule has 4 nitrogen and oxygen atoms in total. The Bertz CT molecular complexity index is 388. The van der Waals surface area contributed by atoms with Gasteiger partial charge in [-0.25, -0.2) is 0 Å². The van der Waals surface area contributed by atoms with Crippen molar-refractivity contribution in [2.24, 2.45) is 0 Å². The average Bonchev–Trinajstić information content (AvgIpc) is 2.81. The Morgan fingerprint density at radius 3 is 0.970 bits per heavy atom. The lowest BCUT2D eigenvalue weighted by Gasteiger charge is -2.07. The molecule has 0 aromatic carbocycles. The van der Waals surface area contributed by atoms with Crippen molar-refractivity contribution in [2.75, 3.05) is 13.1 Å². The number of hydrogen-bond acceptors (Lipinski definition) is 2. The van der Waals surface area contributed by atoms with Gasteiger partial charge in [0.1, 0.15) is 0 Å². The molecule has 0 atom stereocenters. The minimum Gasteiger partial charge on any atom is -0.356 e. The van der Waals surface area contributed by atoms with Crippen molar-refractivity contribution in [1.82, 2.24) is 10.6 Å². The topological polar surface area (TPSA) is 58.2 Å². The Morgan fingerprint density at radius 2 is 0.667 bits per heavy atom. The van der Waals surface area contributed by atoms with Gasteiger partial charge in [0.15, 0.2) is 0 Å². The van der Waals surface area contributed by atoms with E-state index in [-0.39, 0.29) is 11.8 Å². The van der Waals surface area contributed by atoms with Crippen LogP contribution < -0.4 is 10.6 Å². The first-order chi connectivity index (χ1) is 16.2. The number of rotatable bonds is 26. The van der Waals surface area contributed by atoms with Crippen LogP contribution in [0.5, 0.6) is 0 Å². The van der Waals surface area contributed by atoms with Gasteiger partial charge < -0.3 is 10.6 Å². The van der Waals surface area contributed by atoms with Crippen LogP contribution in [-0.4, -0.2) is 24.9 Å². The summed E-state index contributed by atoms with van der Waals surface area (Å²) in [6.07, 6.45) is 27.9. The zero-order valence-corrected chi connectivity index (χ0v) is 22.5. The fourth-order valence-electron chi connectivity index (χ4n) is 4.27. The summed E-state index contributed by atoms with van der Waals surface area (Å²) in [5.41, 5.74) is 0. The van der Waals surface area contributed by atoms with Gasteiger partial charge in [0.25, 0.3) is 0 Å². The summed E-state index contributed by atoms with van der Waals surface area (Å²) >= 11 is 0. The lowest BCUT2D eigenvalue weighted by molar-refractivity contribution is -0.121. The summed E-state index contributed by atoms with van der Waals surface area (Å²) in [5, 5.41) is 5.97. The highest BCUT2D eigenvalue weighted by Crippen LogP contribution is 2.12. The van der Waals surface area contributed by atoms with Crippen LogP contribution in [0.25, 0.3) is 0 Å². The van der Waals surface area contributed by atoms with E-state index in [1.807, 2.05) is 0 Å². The highest BCUT2D eigenvalue weighted by molar-refractivity contribution is 5.76. The molecule has 2 N–H and O–H groups in total. The third-order valence-corrected chi connectivity index (χ3v) is 6.51. The maximum Gasteiger partial charge on any atom is 0.219 e. The van der Waals surface area contributed by atoms with E-state index in [0.717, 1.165) is 32.1 Å². The Balaban J connectivity index is 3.28. The Labute approximate surface area is 206 Å². The molecule has 0 aromatic rings. The van der Waals surface area contributed by atoms with Crippen molar-refractivity contribution < 1.29 is 9.59 Å². The molecule has 0 fully saturated rings. The lowest BCUT2D eigenvalue weighted by Crippen LogP contribution is -2.29. The predicted molar refractivity (Wildman–Crippen MR) is 144 cm³/mol. The van der Waals surface area contributed by atoms with E-state index in [4.69, 9.17) is 0 Å². The fraction of sp³-hybridized carbons (Fsp3) is 0.931. The van der Waals surface area contributed by atoms with Gasteiger partial charge in [0.05, 0.1) is 0 Å². The normalized spacial score (nSPS) is 11.0. The molecule has 0 aliphatic carbocycles. The summed E-state index contributed by atoms with van der Waals surface area (Å²) in [6.45, 7) is 5.84. The largest absolute Gasteiger partial charge is 0.356 e. The van der Waals surface area contributed by atoms with Gasteiger partial charge in [-0.1, -0.05) is 129 Å². The molecule has 2 amide bonds. The zero-order chi connectivity index (χ0) is 24.2. The van der Waals surface area contributed by atoms with Crippen LogP contribution in [0.3, 0.4) is 0 Å². The van der Waals surface area contributed by atoms with Crippen LogP contribution in [0.1, 0.15) is 162 Å². The average molecular weight is 467 g/mol. The highest BCUT2D eigenvalue weighted by Gasteiger charge is 2.03. The third kappa shape index (κ3) is 27.1. The lowest BCUT2D eigenvalue weighted by atomic mass is 10.1. The van der Waals surface area contributed by atoms with Gasteiger partial charge >= 0.3 is 0 Å². The van der Waals surface area contributed by atoms with Gasteiger partial charge in [0, 0.05) is 25.9 Å². The predicted octanol–water partition coefficient (Wildman–Crippen LogP) is 8.23. The van der Waals surface area contributed by atoms with E-state index >= 15 is 0 Å². The molecular formula is C29H58N2O2. The molecule has 0 aliphatic rings. The molecule has 0 saturated carbocycles. The number of hydrogen-bond donors (Lipinski definition) is 2. The van der Waals surface area contributed by atoms with Crippen molar-refractivity contribution in [3.63, 3.8) is 0 Å². The first kappa shape index (κ1) is 31.9. The second kappa shape index (κ2) is 27.2. The maximum atomic E-state index is 11.9. The Hall–Kier alpha value is -1.06. The molecule has 0 spiro atoms. The summed E-state index contributed by atoms with van der Waals surface area (Å²) in [5.74, 6) is 0.317. The van der Waals surface area contributed by atoms with Gasteiger partial charge in [-0.15, -0.1) is 0 Å². The standard InChI is InChI=1S/C29H58N2O2/c1-3-5-7-9-11-13-15-17-19-21-24-28(32)30-26-23-27-31-29(33)25-22-20-18-16-14-12-10-8-6-4-2/h3-27H2,1-2H3,(H,30,32)(H,31,33). The van der Waals surface area contributed by atoms with Crippen LogP contribution in [0.2, 0.25) is 0 Å². The SMILES string of the molecule is CCCCCCCCCCCCC(=O)NCCCNC(=O)CCCCCCCCCCCC. The van der Waals surface area contributed by atoms with E-state index < -0.39 is 0 Å². The van der Waals surface area contributed by atoms with Gasteiger partial charge in [-0.05, 0) is 19.3 Å². The molecule has 0 aromatic heterocycles. The first-order valence-corrected chi connectivity index (χ1v) is 14.7. The highest BCUT2D eigenvalue weighted by atomic mass is 16.2. The number of carbonyl (C=O) groups is 2. The molecule has 0 radical (unpaired) electrons. The first-order valence-electron chi connectivity index (χ1n) is 14.7. The van der Waals surface area contributed by atoms with Crippen LogP contribution >= 0.6 is 0 Å². The van der Waals surface area contributed by atoms with Crippen molar-refractivity contribution in [2.45, 2.75) is 162 Å². The zero-order valence-electron chi connectivity index (χ0n) is 22.5. The van der Waals surface area contributed by atoms with Crippen molar-refractivity contribution in [1.29, 1.82) is 0 Å². The second-order valence-electron chi connectivity index (χ2n) is 9.92. The van der Waals surface area contributed by atoms with E-state index in [0.29, 0.717) is 25.9 Å². The molecule has 0 saturated heterocycles. The van der Waals surface area contributed by atoms with Gasteiger partial charge in [-0.3, -0.25) is 9.59 Å². The summed E-state index contributed by atoms with van der Waals surface area (Å²) < 4.78 is 0. The van der Waals surface area contributed by atoms with Crippen molar-refractivity contribution in [3.05, 3.63) is 0 Å². The molecule has 196 valence electrons. The maximum absolute atomic E-state index is 11.9. The molecule has 4 heteroatoms. The second-order valence-corrected chi connectivity index (χ2v) is 9.92. The third-order valence-electron chi connectivity index (χ3n) is 6.51. The molecule has 0 rings (SSSR count).